The molecule has 3 rings (SSSR count). The van der Waals surface area contributed by atoms with Crippen LogP contribution in [0.3, 0.4) is 0 Å². The summed E-state index contributed by atoms with van der Waals surface area (Å²) in [5.41, 5.74) is 1.80. The summed E-state index contributed by atoms with van der Waals surface area (Å²) >= 11 is 0. The summed E-state index contributed by atoms with van der Waals surface area (Å²) in [5.74, 6) is 1.98. The Balaban J connectivity index is 1.58. The van der Waals surface area contributed by atoms with E-state index in [1.165, 1.54) is 0 Å². The van der Waals surface area contributed by atoms with Crippen LogP contribution in [0.25, 0.3) is 0 Å². The molecule has 0 radical (unpaired) electrons. The molecule has 2 aromatic heterocycles. The fourth-order valence-corrected chi connectivity index (χ4v) is 2.90. The number of aromatic nitrogens is 4. The molecule has 0 aromatic carbocycles. The Bertz CT molecular complexity index is 754. The third-order valence-corrected chi connectivity index (χ3v) is 4.24. The summed E-state index contributed by atoms with van der Waals surface area (Å²) in [6.45, 7) is 9.35. The third kappa shape index (κ3) is 4.43. The molecule has 0 unspecified atom stereocenters. The van der Waals surface area contributed by atoms with Crippen LogP contribution in [0.15, 0.2) is 10.5 Å². The van der Waals surface area contributed by atoms with Gasteiger partial charge in [-0.3, -0.25) is 4.79 Å². The summed E-state index contributed by atoms with van der Waals surface area (Å²) in [6, 6.07) is 1.92. The molecule has 1 aliphatic rings. The normalized spacial score (nSPS) is 17.7. The minimum Gasteiger partial charge on any atom is -0.425 e. The predicted molar refractivity (Wildman–Crippen MR) is 93.5 cm³/mol. The van der Waals surface area contributed by atoms with Crippen molar-refractivity contribution in [2.24, 2.45) is 0 Å². The number of nitrogens with zero attached hydrogens (tertiary/aromatic N) is 5. The Morgan fingerprint density at radius 1 is 1.27 bits per heavy atom. The average molecular weight is 359 g/mol. The summed E-state index contributed by atoms with van der Waals surface area (Å²) in [6.07, 6.45) is 0.489. The minimum absolute atomic E-state index is 0.0481. The zero-order chi connectivity index (χ0) is 18.7. The highest BCUT2D eigenvalue weighted by Gasteiger charge is 2.27. The van der Waals surface area contributed by atoms with Gasteiger partial charge in [-0.2, -0.15) is 0 Å². The molecule has 1 saturated heterocycles. The van der Waals surface area contributed by atoms with E-state index in [1.807, 2.05) is 33.8 Å². The fraction of sp³-hybridized carbons (Fsp3) is 0.611. The zero-order valence-electron chi connectivity index (χ0n) is 15.7. The Kier molecular flexibility index (Phi) is 5.61. The highest BCUT2D eigenvalue weighted by atomic mass is 16.5. The largest absolute Gasteiger partial charge is 0.425 e. The van der Waals surface area contributed by atoms with Gasteiger partial charge in [0.1, 0.15) is 6.10 Å². The monoisotopic (exact) mass is 359 g/mol. The van der Waals surface area contributed by atoms with Crippen LogP contribution >= 0.6 is 0 Å². The van der Waals surface area contributed by atoms with Gasteiger partial charge in [-0.15, -0.1) is 10.2 Å². The van der Waals surface area contributed by atoms with Gasteiger partial charge in [0, 0.05) is 36.7 Å². The fourth-order valence-electron chi connectivity index (χ4n) is 2.90. The Morgan fingerprint density at radius 3 is 2.65 bits per heavy atom. The lowest BCUT2D eigenvalue weighted by molar-refractivity contribution is -0.139. The molecule has 0 bridgehead atoms. The van der Waals surface area contributed by atoms with Crippen LogP contribution in [0.4, 0.5) is 0 Å². The maximum Gasteiger partial charge on any atom is 0.223 e. The van der Waals surface area contributed by atoms with Crippen molar-refractivity contribution >= 4 is 5.91 Å². The van der Waals surface area contributed by atoms with Gasteiger partial charge in [-0.05, 0) is 19.9 Å². The van der Waals surface area contributed by atoms with Gasteiger partial charge in [0.25, 0.3) is 0 Å². The Morgan fingerprint density at radius 2 is 2.00 bits per heavy atom. The molecule has 8 heteroatoms. The summed E-state index contributed by atoms with van der Waals surface area (Å²) in [5, 5.41) is 8.00. The number of carbonyl (C=O) groups excluding carboxylic acids is 1. The quantitative estimate of drug-likeness (QED) is 0.807. The number of hydrogen-bond donors (Lipinski definition) is 0. The number of carbonyl (C=O) groups is 1. The number of aryl methyl sites for hydroxylation is 3. The molecular formula is C18H25N5O3. The first-order valence-electron chi connectivity index (χ1n) is 8.96. The molecule has 8 nitrogen and oxygen atoms in total. The van der Waals surface area contributed by atoms with Crippen molar-refractivity contribution in [1.82, 2.24) is 25.1 Å². The second-order valence-corrected chi connectivity index (χ2v) is 6.90. The highest BCUT2D eigenvalue weighted by Crippen LogP contribution is 2.21. The summed E-state index contributed by atoms with van der Waals surface area (Å²) < 4.78 is 11.3. The number of morpholine rings is 1. The highest BCUT2D eigenvalue weighted by molar-refractivity contribution is 5.76. The van der Waals surface area contributed by atoms with Crippen molar-refractivity contribution in [2.45, 2.75) is 52.6 Å². The molecule has 2 aromatic rings. The van der Waals surface area contributed by atoms with E-state index in [1.54, 1.807) is 4.90 Å². The van der Waals surface area contributed by atoms with Gasteiger partial charge in [-0.1, -0.05) is 13.8 Å². The number of rotatable bonds is 5. The molecule has 0 spiro atoms. The van der Waals surface area contributed by atoms with Crippen LogP contribution < -0.4 is 0 Å². The number of hydrogen-bond acceptors (Lipinski definition) is 7. The van der Waals surface area contributed by atoms with E-state index in [2.05, 4.69) is 20.2 Å². The molecule has 0 saturated carbocycles. The molecule has 1 atom stereocenters. The van der Waals surface area contributed by atoms with E-state index < -0.39 is 0 Å². The van der Waals surface area contributed by atoms with Crippen molar-refractivity contribution < 1.29 is 13.9 Å². The first kappa shape index (κ1) is 18.4. The smallest absolute Gasteiger partial charge is 0.223 e. The molecule has 26 heavy (non-hydrogen) atoms. The molecule has 0 N–H and O–H groups in total. The van der Waals surface area contributed by atoms with Crippen molar-refractivity contribution in [1.29, 1.82) is 0 Å². The molecule has 1 fully saturated rings. The van der Waals surface area contributed by atoms with Crippen LogP contribution in [0, 0.1) is 13.8 Å². The van der Waals surface area contributed by atoms with Crippen LogP contribution in [0.2, 0.25) is 0 Å². The molecule has 0 aliphatic carbocycles. The summed E-state index contributed by atoms with van der Waals surface area (Å²) in [4.78, 5) is 23.3. The van der Waals surface area contributed by atoms with E-state index in [-0.39, 0.29) is 17.9 Å². The van der Waals surface area contributed by atoms with Gasteiger partial charge in [0.15, 0.2) is 5.82 Å². The van der Waals surface area contributed by atoms with Crippen molar-refractivity contribution in [3.63, 3.8) is 0 Å². The zero-order valence-corrected chi connectivity index (χ0v) is 15.7. The first-order valence-corrected chi connectivity index (χ1v) is 8.96. The minimum atomic E-state index is -0.290. The van der Waals surface area contributed by atoms with Gasteiger partial charge < -0.3 is 14.1 Å². The van der Waals surface area contributed by atoms with Crippen LogP contribution in [0.1, 0.15) is 61.3 Å². The van der Waals surface area contributed by atoms with E-state index in [9.17, 15) is 4.79 Å². The van der Waals surface area contributed by atoms with Gasteiger partial charge in [0.05, 0.1) is 13.2 Å². The lowest BCUT2D eigenvalue weighted by Gasteiger charge is -2.32. The molecule has 1 aliphatic heterocycles. The topological polar surface area (TPSA) is 94.2 Å². The van der Waals surface area contributed by atoms with Crippen LogP contribution in [-0.2, 0) is 16.0 Å². The predicted octanol–water partition coefficient (Wildman–Crippen LogP) is 2.13. The van der Waals surface area contributed by atoms with Crippen LogP contribution in [-0.4, -0.2) is 50.7 Å². The van der Waals surface area contributed by atoms with Crippen molar-refractivity contribution in [3.05, 3.63) is 35.1 Å². The molecule has 140 valence electrons. The number of amides is 1. The van der Waals surface area contributed by atoms with Gasteiger partial charge >= 0.3 is 0 Å². The van der Waals surface area contributed by atoms with E-state index in [0.29, 0.717) is 50.1 Å². The maximum absolute atomic E-state index is 12.6. The van der Waals surface area contributed by atoms with Gasteiger partial charge in [-0.25, -0.2) is 9.97 Å². The second-order valence-electron chi connectivity index (χ2n) is 6.90. The van der Waals surface area contributed by atoms with E-state index >= 15 is 0 Å². The van der Waals surface area contributed by atoms with Gasteiger partial charge in [0.2, 0.25) is 17.7 Å². The standard InChI is InChI=1S/C18H25N5O3/c1-11(2)18-22-21-15(26-18)5-6-16(24)23-7-8-25-14(10-23)17-19-12(3)9-13(4)20-17/h9,11,14H,5-8,10H2,1-4H3/t14-/m1/s1. The lowest BCUT2D eigenvalue weighted by Crippen LogP contribution is -2.42. The SMILES string of the molecule is Cc1cc(C)nc([C@H]2CN(C(=O)CCc3nnc(C(C)C)o3)CCO2)n1. The van der Waals surface area contributed by atoms with Crippen molar-refractivity contribution in [3.8, 4) is 0 Å². The van der Waals surface area contributed by atoms with E-state index in [0.717, 1.165) is 11.4 Å². The Labute approximate surface area is 153 Å². The lowest BCUT2D eigenvalue weighted by atomic mass is 10.2. The Hall–Kier alpha value is -2.35. The molecule has 1 amide bonds. The number of ether oxygens (including phenoxy) is 1. The molecule has 3 heterocycles. The first-order chi connectivity index (χ1) is 12.4. The maximum atomic E-state index is 12.6. The van der Waals surface area contributed by atoms with Crippen LogP contribution in [0.5, 0.6) is 0 Å². The van der Waals surface area contributed by atoms with Crippen molar-refractivity contribution in [2.75, 3.05) is 19.7 Å². The molecular weight excluding hydrogens is 334 g/mol. The second kappa shape index (κ2) is 7.90. The average Bonchev–Trinajstić information content (AvgIpc) is 3.08. The third-order valence-electron chi connectivity index (χ3n) is 4.24. The van der Waals surface area contributed by atoms with E-state index in [4.69, 9.17) is 9.15 Å². The summed E-state index contributed by atoms with van der Waals surface area (Å²) in [7, 11) is 0.